The van der Waals surface area contributed by atoms with E-state index in [9.17, 15) is 0 Å². The summed E-state index contributed by atoms with van der Waals surface area (Å²) in [6.07, 6.45) is -1.24. The van der Waals surface area contributed by atoms with Crippen molar-refractivity contribution in [3.63, 3.8) is 0 Å². The van der Waals surface area contributed by atoms with Crippen molar-refractivity contribution < 1.29 is 14.7 Å². The standard InChI is InChI=1S/C8H20NO2/c1-8(2,7(10)11)6-9(3,4)5/h7,10-11H,6H2,1-5H3/q+1. The molecule has 0 unspecified atom stereocenters. The lowest BCUT2D eigenvalue weighted by Crippen LogP contribution is -2.47. The first-order chi connectivity index (χ1) is 4.65. The monoisotopic (exact) mass is 162 g/mol. The van der Waals surface area contributed by atoms with Gasteiger partial charge in [0.15, 0.2) is 6.29 Å². The van der Waals surface area contributed by atoms with E-state index in [1.165, 1.54) is 0 Å². The molecule has 0 aromatic carbocycles. The van der Waals surface area contributed by atoms with E-state index in [1.54, 1.807) is 0 Å². The molecule has 0 aliphatic carbocycles. The molecular formula is C8H20NO2+. The first kappa shape index (κ1) is 10.9. The molecule has 11 heavy (non-hydrogen) atoms. The van der Waals surface area contributed by atoms with Crippen LogP contribution in [0.4, 0.5) is 0 Å². The van der Waals surface area contributed by atoms with Crippen molar-refractivity contribution in [2.75, 3.05) is 27.7 Å². The van der Waals surface area contributed by atoms with Crippen LogP contribution >= 0.6 is 0 Å². The predicted octanol–water partition coefficient (Wildman–Crippen LogP) is 0.0295. The number of aliphatic hydroxyl groups is 2. The number of nitrogens with zero attached hydrogens (tertiary/aromatic N) is 1. The van der Waals surface area contributed by atoms with Crippen LogP contribution in [0.15, 0.2) is 0 Å². The highest BCUT2D eigenvalue weighted by Gasteiger charge is 2.32. The Morgan fingerprint density at radius 1 is 1.18 bits per heavy atom. The maximum Gasteiger partial charge on any atom is 0.161 e. The average Bonchev–Trinajstić information content (AvgIpc) is 1.56. The zero-order chi connectivity index (χ0) is 9.28. The second-order valence-corrected chi connectivity index (χ2v) is 4.81. The van der Waals surface area contributed by atoms with Crippen molar-refractivity contribution in [3.05, 3.63) is 0 Å². The molecule has 0 amide bonds. The number of hydrogen-bond donors (Lipinski definition) is 2. The van der Waals surface area contributed by atoms with Crippen molar-refractivity contribution in [1.82, 2.24) is 0 Å². The summed E-state index contributed by atoms with van der Waals surface area (Å²) < 4.78 is 0.741. The van der Waals surface area contributed by atoms with E-state index in [4.69, 9.17) is 10.2 Å². The molecule has 0 saturated carbocycles. The van der Waals surface area contributed by atoms with Gasteiger partial charge in [-0.1, -0.05) is 0 Å². The van der Waals surface area contributed by atoms with Crippen LogP contribution in [0.5, 0.6) is 0 Å². The maximum atomic E-state index is 8.99. The number of rotatable bonds is 3. The highest BCUT2D eigenvalue weighted by Crippen LogP contribution is 2.21. The molecule has 0 aliphatic heterocycles. The fourth-order valence-electron chi connectivity index (χ4n) is 1.30. The fraction of sp³-hybridized carbons (Fsp3) is 1.00. The van der Waals surface area contributed by atoms with Crippen LogP contribution in [0.3, 0.4) is 0 Å². The molecule has 0 spiro atoms. The summed E-state index contributed by atoms with van der Waals surface area (Å²) in [7, 11) is 6.10. The third-order valence-electron chi connectivity index (χ3n) is 1.58. The summed E-state index contributed by atoms with van der Waals surface area (Å²) in [5.41, 5.74) is -0.432. The molecule has 0 aromatic heterocycles. The Balaban J connectivity index is 4.13. The first-order valence-electron chi connectivity index (χ1n) is 3.82. The SMILES string of the molecule is CC(C)(C[N+](C)(C)C)C(O)O. The highest BCUT2D eigenvalue weighted by atomic mass is 16.5. The van der Waals surface area contributed by atoms with Crippen LogP contribution in [0.1, 0.15) is 13.8 Å². The van der Waals surface area contributed by atoms with Gasteiger partial charge in [-0.2, -0.15) is 0 Å². The largest absolute Gasteiger partial charge is 0.367 e. The van der Waals surface area contributed by atoms with Crippen LogP contribution in [-0.2, 0) is 0 Å². The van der Waals surface area contributed by atoms with E-state index in [0.29, 0.717) is 0 Å². The third-order valence-corrected chi connectivity index (χ3v) is 1.58. The summed E-state index contributed by atoms with van der Waals surface area (Å²) >= 11 is 0. The molecule has 3 nitrogen and oxygen atoms in total. The molecule has 0 heterocycles. The summed E-state index contributed by atoms with van der Waals surface area (Å²) in [4.78, 5) is 0. The Hall–Kier alpha value is -0.120. The second-order valence-electron chi connectivity index (χ2n) is 4.81. The van der Waals surface area contributed by atoms with Crippen molar-refractivity contribution in [2.45, 2.75) is 20.1 Å². The molecule has 0 rings (SSSR count). The van der Waals surface area contributed by atoms with E-state index in [0.717, 1.165) is 11.0 Å². The Labute approximate surface area is 68.9 Å². The minimum Gasteiger partial charge on any atom is -0.367 e. The minimum atomic E-state index is -1.24. The molecule has 0 radical (unpaired) electrons. The van der Waals surface area contributed by atoms with Gasteiger partial charge in [0.25, 0.3) is 0 Å². The fourth-order valence-corrected chi connectivity index (χ4v) is 1.30. The Morgan fingerprint density at radius 2 is 1.55 bits per heavy atom. The molecule has 3 heteroatoms. The van der Waals surface area contributed by atoms with E-state index < -0.39 is 11.7 Å². The van der Waals surface area contributed by atoms with E-state index >= 15 is 0 Å². The van der Waals surface area contributed by atoms with Crippen molar-refractivity contribution in [1.29, 1.82) is 0 Å². The molecular weight excluding hydrogens is 142 g/mol. The van der Waals surface area contributed by atoms with Gasteiger partial charge in [-0.3, -0.25) is 0 Å². The maximum absolute atomic E-state index is 8.99. The quantitative estimate of drug-likeness (QED) is 0.454. The Bertz CT molecular complexity index is 125. The molecule has 68 valence electrons. The van der Waals surface area contributed by atoms with Gasteiger partial charge in [0, 0.05) is 0 Å². The zero-order valence-electron chi connectivity index (χ0n) is 8.13. The zero-order valence-corrected chi connectivity index (χ0v) is 8.13. The highest BCUT2D eigenvalue weighted by molar-refractivity contribution is 4.69. The van der Waals surface area contributed by atoms with Gasteiger partial charge in [0.1, 0.15) is 0 Å². The van der Waals surface area contributed by atoms with E-state index in [-0.39, 0.29) is 0 Å². The molecule has 0 bridgehead atoms. The Kier molecular flexibility index (Phi) is 3.06. The smallest absolute Gasteiger partial charge is 0.161 e. The normalized spacial score (nSPS) is 14.2. The minimum absolute atomic E-state index is 0.432. The molecule has 0 atom stereocenters. The predicted molar refractivity (Wildman–Crippen MR) is 44.9 cm³/mol. The summed E-state index contributed by atoms with van der Waals surface area (Å²) in [5, 5.41) is 18.0. The van der Waals surface area contributed by atoms with Gasteiger partial charge < -0.3 is 14.7 Å². The Morgan fingerprint density at radius 3 is 1.64 bits per heavy atom. The van der Waals surface area contributed by atoms with Crippen LogP contribution in [-0.4, -0.2) is 48.7 Å². The molecule has 0 fully saturated rings. The van der Waals surface area contributed by atoms with Crippen molar-refractivity contribution in [2.24, 2.45) is 5.41 Å². The van der Waals surface area contributed by atoms with Crippen molar-refractivity contribution in [3.8, 4) is 0 Å². The van der Waals surface area contributed by atoms with Gasteiger partial charge in [-0.25, -0.2) is 0 Å². The third kappa shape index (κ3) is 4.35. The summed E-state index contributed by atoms with van der Waals surface area (Å²) in [6, 6.07) is 0. The average molecular weight is 162 g/mol. The molecule has 0 aliphatic rings. The molecule has 0 saturated heterocycles. The van der Waals surface area contributed by atoms with Gasteiger partial charge in [-0.05, 0) is 13.8 Å². The topological polar surface area (TPSA) is 40.5 Å². The number of quaternary nitrogens is 1. The molecule has 0 aromatic rings. The summed E-state index contributed by atoms with van der Waals surface area (Å²) in [6.45, 7) is 4.44. The van der Waals surface area contributed by atoms with E-state index in [2.05, 4.69) is 0 Å². The number of aliphatic hydroxyl groups excluding tert-OH is 1. The van der Waals surface area contributed by atoms with Gasteiger partial charge >= 0.3 is 0 Å². The van der Waals surface area contributed by atoms with Crippen molar-refractivity contribution >= 4 is 0 Å². The van der Waals surface area contributed by atoms with Gasteiger partial charge in [0.05, 0.1) is 33.1 Å². The second kappa shape index (κ2) is 3.09. The number of hydrogen-bond acceptors (Lipinski definition) is 2. The van der Waals surface area contributed by atoms with Crippen LogP contribution < -0.4 is 0 Å². The molecule has 2 N–H and O–H groups in total. The van der Waals surface area contributed by atoms with E-state index in [1.807, 2.05) is 35.0 Å². The van der Waals surface area contributed by atoms with Crippen LogP contribution in [0.2, 0.25) is 0 Å². The van der Waals surface area contributed by atoms with Gasteiger partial charge in [0.2, 0.25) is 0 Å². The first-order valence-corrected chi connectivity index (χ1v) is 3.82. The summed E-state index contributed by atoms with van der Waals surface area (Å²) in [5.74, 6) is 0. The lowest BCUT2D eigenvalue weighted by molar-refractivity contribution is -0.878. The van der Waals surface area contributed by atoms with Crippen LogP contribution in [0, 0.1) is 5.41 Å². The lowest BCUT2D eigenvalue weighted by Gasteiger charge is -2.35. The lowest BCUT2D eigenvalue weighted by atomic mass is 9.91. The van der Waals surface area contributed by atoms with Crippen LogP contribution in [0.25, 0.3) is 0 Å². The van der Waals surface area contributed by atoms with Gasteiger partial charge in [-0.15, -0.1) is 0 Å².